The van der Waals surface area contributed by atoms with Gasteiger partial charge in [-0.05, 0) is 86.7 Å². The molecular formula is C45H63N5O6. The molecule has 2 amide bonds. The van der Waals surface area contributed by atoms with Crippen molar-refractivity contribution in [3.63, 3.8) is 0 Å². The molecule has 0 spiro atoms. The van der Waals surface area contributed by atoms with Gasteiger partial charge in [0.05, 0.1) is 31.9 Å². The Kier molecular flexibility index (Phi) is 12.8. The van der Waals surface area contributed by atoms with Gasteiger partial charge in [-0.25, -0.2) is 0 Å². The van der Waals surface area contributed by atoms with Crippen molar-refractivity contribution in [2.75, 3.05) is 53.4 Å². The predicted molar refractivity (Wildman–Crippen MR) is 220 cm³/mol. The smallest absolute Gasteiger partial charge is 0.253 e. The van der Waals surface area contributed by atoms with Gasteiger partial charge < -0.3 is 35.4 Å². The summed E-state index contributed by atoms with van der Waals surface area (Å²) in [5.74, 6) is 1.03. The first-order valence-electron chi connectivity index (χ1n) is 20.1. The molecule has 304 valence electrons. The SMILES string of the molecule is COc1c(CN2O[C@@H](CO)C(C(C)O)[C@H]2C(=O)N[C@H]2C[C@H]3C[C@@H]([C@@H]2C)C3(C)C)cccc1-c1ccc(N(C)C)c(C(=O)NC(Cc2ccccc2)CN(C)C)c1. The first-order valence-corrected chi connectivity index (χ1v) is 20.1. The minimum atomic E-state index is -0.901. The number of ether oxygens (including phenoxy) is 1. The van der Waals surface area contributed by atoms with Gasteiger partial charge in [0.2, 0.25) is 5.91 Å². The Hall–Kier alpha value is -4.00. The lowest BCUT2D eigenvalue weighted by atomic mass is 9.45. The highest BCUT2D eigenvalue weighted by molar-refractivity contribution is 6.01. The summed E-state index contributed by atoms with van der Waals surface area (Å²) in [6.45, 7) is 9.07. The number of nitrogens with one attached hydrogen (secondary N) is 2. The van der Waals surface area contributed by atoms with E-state index >= 15 is 0 Å². The maximum absolute atomic E-state index is 14.3. The fraction of sp³-hybridized carbons (Fsp3) is 0.556. The quantitative estimate of drug-likeness (QED) is 0.169. The van der Waals surface area contributed by atoms with E-state index in [2.05, 4.69) is 48.4 Å². The molecule has 1 aliphatic heterocycles. The van der Waals surface area contributed by atoms with Crippen molar-refractivity contribution in [2.24, 2.45) is 29.1 Å². The number of nitrogens with zero attached hydrogens (tertiary/aromatic N) is 3. The van der Waals surface area contributed by atoms with E-state index in [9.17, 15) is 19.8 Å². The van der Waals surface area contributed by atoms with Gasteiger partial charge in [0, 0.05) is 55.5 Å². The van der Waals surface area contributed by atoms with Crippen LogP contribution in [0.3, 0.4) is 0 Å². The van der Waals surface area contributed by atoms with Gasteiger partial charge in [0.25, 0.3) is 5.91 Å². The van der Waals surface area contributed by atoms with Crippen molar-refractivity contribution in [3.05, 3.63) is 83.4 Å². The van der Waals surface area contributed by atoms with Crippen molar-refractivity contribution >= 4 is 17.5 Å². The van der Waals surface area contributed by atoms with Gasteiger partial charge in [-0.2, -0.15) is 5.06 Å². The summed E-state index contributed by atoms with van der Waals surface area (Å²) in [4.78, 5) is 38.8. The molecule has 1 saturated heterocycles. The Bertz CT molecular complexity index is 1830. The van der Waals surface area contributed by atoms with Gasteiger partial charge in [-0.15, -0.1) is 0 Å². The van der Waals surface area contributed by atoms with Crippen LogP contribution in [0.15, 0.2) is 66.7 Å². The van der Waals surface area contributed by atoms with E-state index in [1.807, 2.05) is 87.7 Å². The van der Waals surface area contributed by atoms with Crippen LogP contribution < -0.4 is 20.3 Å². The Morgan fingerprint density at radius 2 is 1.77 bits per heavy atom. The molecule has 4 N–H and O–H groups in total. The van der Waals surface area contributed by atoms with Crippen LogP contribution in [0, 0.1) is 29.1 Å². The Balaban J connectivity index is 1.28. The molecule has 1 heterocycles. The normalized spacial score (nSPS) is 26.6. The van der Waals surface area contributed by atoms with Crippen LogP contribution in [0.2, 0.25) is 0 Å². The number of fused-ring (bicyclic) bond motifs is 2. The molecule has 11 nitrogen and oxygen atoms in total. The molecular weight excluding hydrogens is 707 g/mol. The zero-order chi connectivity index (χ0) is 40.5. The first kappa shape index (κ1) is 41.6. The van der Waals surface area contributed by atoms with Gasteiger partial charge in [-0.1, -0.05) is 75.4 Å². The maximum atomic E-state index is 14.3. The Morgan fingerprint density at radius 3 is 2.38 bits per heavy atom. The van der Waals surface area contributed by atoms with Crippen LogP contribution in [0.5, 0.6) is 5.75 Å². The summed E-state index contributed by atoms with van der Waals surface area (Å²) in [7, 11) is 9.47. The number of anilines is 1. The number of hydrogen-bond donors (Lipinski definition) is 4. The molecule has 11 heteroatoms. The lowest BCUT2D eigenvalue weighted by Gasteiger charge is -2.62. The number of aliphatic hydroxyl groups is 2. The number of carbonyl (C=O) groups excluding carboxylic acids is 2. The summed E-state index contributed by atoms with van der Waals surface area (Å²) >= 11 is 0. The summed E-state index contributed by atoms with van der Waals surface area (Å²) < 4.78 is 6.09. The molecule has 2 bridgehead atoms. The molecule has 0 aromatic heterocycles. The number of benzene rings is 3. The fourth-order valence-electron chi connectivity index (χ4n) is 9.87. The molecule has 3 aromatic rings. The van der Waals surface area contributed by atoms with E-state index < -0.39 is 24.2 Å². The van der Waals surface area contributed by atoms with E-state index in [1.54, 1.807) is 19.1 Å². The molecule has 4 fully saturated rings. The minimum Gasteiger partial charge on any atom is -0.496 e. The zero-order valence-corrected chi connectivity index (χ0v) is 34.7. The predicted octanol–water partition coefficient (Wildman–Crippen LogP) is 4.99. The number of carbonyl (C=O) groups is 2. The van der Waals surface area contributed by atoms with Gasteiger partial charge in [-0.3, -0.25) is 14.4 Å². The van der Waals surface area contributed by atoms with Gasteiger partial charge in [0.15, 0.2) is 0 Å². The number of para-hydroxylation sites is 1. The molecule has 3 unspecified atom stereocenters. The molecule has 9 atom stereocenters. The average molecular weight is 770 g/mol. The zero-order valence-electron chi connectivity index (χ0n) is 34.7. The average Bonchev–Trinajstić information content (AvgIpc) is 3.53. The second-order valence-electron chi connectivity index (χ2n) is 17.5. The topological polar surface area (TPSA) is 127 Å². The molecule has 3 saturated carbocycles. The van der Waals surface area contributed by atoms with E-state index in [1.165, 1.54) is 6.42 Å². The molecule has 3 aliphatic carbocycles. The van der Waals surface area contributed by atoms with Crippen LogP contribution in [-0.4, -0.2) is 111 Å². The van der Waals surface area contributed by atoms with Crippen molar-refractivity contribution in [3.8, 4) is 16.9 Å². The van der Waals surface area contributed by atoms with Crippen molar-refractivity contribution in [1.29, 1.82) is 0 Å². The summed E-state index contributed by atoms with van der Waals surface area (Å²) in [5.41, 5.74) is 5.10. The minimum absolute atomic E-state index is 0.0369. The van der Waals surface area contributed by atoms with Crippen LogP contribution in [0.1, 0.15) is 62.0 Å². The fourth-order valence-corrected chi connectivity index (χ4v) is 9.87. The third kappa shape index (κ3) is 8.48. The monoisotopic (exact) mass is 769 g/mol. The first-order chi connectivity index (χ1) is 26.6. The second-order valence-corrected chi connectivity index (χ2v) is 17.5. The van der Waals surface area contributed by atoms with Crippen LogP contribution in [-0.2, 0) is 22.6 Å². The second kappa shape index (κ2) is 17.2. The molecule has 0 radical (unpaired) electrons. The molecule has 4 aliphatic rings. The summed E-state index contributed by atoms with van der Waals surface area (Å²) in [6.07, 6.45) is 1.17. The molecule has 56 heavy (non-hydrogen) atoms. The van der Waals surface area contributed by atoms with Crippen molar-refractivity contribution in [1.82, 2.24) is 20.6 Å². The number of methoxy groups -OCH3 is 1. The standard InChI is InChI=1S/C45H63N5O6/c1-27-36-22-32(45(36,3)4)23-37(27)47-44(54)41-40(28(2)52)39(26-51)56-50(41)24-31-16-13-17-34(42(31)55-9)30-18-19-38(49(7)8)35(21-30)43(53)46-33(25-48(5)6)20-29-14-11-10-12-15-29/h10-19,21,27-28,32-33,36-37,39-41,51-52H,20,22-26H2,1-9H3,(H,46,53)(H,47,54)/t27-,28?,32+,33?,36-,37-,39-,40?,41-/m0/s1. The third-order valence-corrected chi connectivity index (χ3v) is 13.0. The third-order valence-electron chi connectivity index (χ3n) is 13.0. The number of rotatable bonds is 15. The number of hydrogen-bond acceptors (Lipinski definition) is 9. The van der Waals surface area contributed by atoms with E-state index in [-0.39, 0.29) is 42.5 Å². The lowest BCUT2D eigenvalue weighted by molar-refractivity contribution is -0.183. The lowest BCUT2D eigenvalue weighted by Crippen LogP contribution is -2.62. The van der Waals surface area contributed by atoms with Crippen molar-refractivity contribution < 1.29 is 29.4 Å². The number of aliphatic hydroxyl groups excluding tert-OH is 2. The Labute approximate surface area is 333 Å². The Morgan fingerprint density at radius 1 is 1.04 bits per heavy atom. The largest absolute Gasteiger partial charge is 0.496 e. The van der Waals surface area contributed by atoms with E-state index in [0.717, 1.165) is 34.4 Å². The van der Waals surface area contributed by atoms with E-state index in [0.29, 0.717) is 42.0 Å². The highest BCUT2D eigenvalue weighted by Crippen LogP contribution is 2.61. The summed E-state index contributed by atoms with van der Waals surface area (Å²) in [6, 6.07) is 20.9. The summed E-state index contributed by atoms with van der Waals surface area (Å²) in [5, 5.41) is 29.6. The van der Waals surface area contributed by atoms with Crippen LogP contribution >= 0.6 is 0 Å². The van der Waals surface area contributed by atoms with Gasteiger partial charge in [0.1, 0.15) is 17.9 Å². The number of likely N-dealkylation sites (N-methyl/N-ethyl adjacent to an activating group) is 1. The molecule has 7 rings (SSSR count). The van der Waals surface area contributed by atoms with Crippen LogP contribution in [0.25, 0.3) is 11.1 Å². The van der Waals surface area contributed by atoms with Crippen LogP contribution in [0.4, 0.5) is 5.69 Å². The molecule has 3 aromatic carbocycles. The number of hydroxylamine groups is 2. The highest BCUT2D eigenvalue weighted by Gasteiger charge is 2.57. The van der Waals surface area contributed by atoms with Gasteiger partial charge >= 0.3 is 0 Å². The maximum Gasteiger partial charge on any atom is 0.253 e. The van der Waals surface area contributed by atoms with Crippen molar-refractivity contribution in [2.45, 2.75) is 83.8 Å². The highest BCUT2D eigenvalue weighted by atomic mass is 16.7. The number of amides is 2. The van der Waals surface area contributed by atoms with E-state index in [4.69, 9.17) is 9.57 Å².